The molecule has 0 saturated carbocycles. The number of anilines is 1. The van der Waals surface area contributed by atoms with Crippen LogP contribution >= 0.6 is 11.8 Å². The first kappa shape index (κ1) is 15.6. The molecule has 0 bridgehead atoms. The summed E-state index contributed by atoms with van der Waals surface area (Å²) in [5.74, 6) is -0.319. The number of thioether (sulfide) groups is 1. The third-order valence-corrected chi connectivity index (χ3v) is 4.81. The highest BCUT2D eigenvalue weighted by Crippen LogP contribution is 2.37. The van der Waals surface area contributed by atoms with Crippen molar-refractivity contribution in [2.45, 2.75) is 17.1 Å². The van der Waals surface area contributed by atoms with Crippen LogP contribution in [0.5, 0.6) is 0 Å². The molecule has 0 aromatic heterocycles. The van der Waals surface area contributed by atoms with Crippen LogP contribution in [0.1, 0.15) is 17.3 Å². The maximum Gasteiger partial charge on any atom is 0.251 e. The van der Waals surface area contributed by atoms with Crippen molar-refractivity contribution < 1.29 is 9.59 Å². The summed E-state index contributed by atoms with van der Waals surface area (Å²) in [7, 11) is 0. The fraction of sp³-hybridized carbons (Fsp3) is 0.222. The van der Waals surface area contributed by atoms with E-state index >= 15 is 0 Å². The Kier molecular flexibility index (Phi) is 4.67. The number of hydrogen-bond donors (Lipinski definition) is 1. The number of nitrogens with zero attached hydrogens (tertiary/aromatic N) is 1. The van der Waals surface area contributed by atoms with Crippen molar-refractivity contribution in [3.05, 3.63) is 60.2 Å². The molecule has 0 fully saturated rings. The molecule has 1 unspecified atom stereocenters. The van der Waals surface area contributed by atoms with Crippen molar-refractivity contribution in [3.63, 3.8) is 0 Å². The monoisotopic (exact) mass is 326 g/mol. The van der Waals surface area contributed by atoms with Gasteiger partial charge in [0.1, 0.15) is 0 Å². The van der Waals surface area contributed by atoms with Gasteiger partial charge in [0.15, 0.2) is 0 Å². The van der Waals surface area contributed by atoms with E-state index in [9.17, 15) is 9.59 Å². The van der Waals surface area contributed by atoms with E-state index < -0.39 is 0 Å². The summed E-state index contributed by atoms with van der Waals surface area (Å²) in [4.78, 5) is 27.5. The second-order valence-corrected chi connectivity index (χ2v) is 6.93. The molecule has 5 heteroatoms. The van der Waals surface area contributed by atoms with E-state index in [4.69, 9.17) is 0 Å². The van der Waals surface area contributed by atoms with Gasteiger partial charge in [-0.05, 0) is 24.3 Å². The fourth-order valence-electron chi connectivity index (χ4n) is 2.57. The van der Waals surface area contributed by atoms with Crippen molar-refractivity contribution in [2.24, 2.45) is 0 Å². The first-order valence-corrected chi connectivity index (χ1v) is 8.42. The van der Waals surface area contributed by atoms with Gasteiger partial charge in [-0.1, -0.05) is 37.3 Å². The Bertz CT molecular complexity index is 718. The number of rotatable bonds is 3. The maximum atomic E-state index is 12.5. The van der Waals surface area contributed by atoms with Crippen LogP contribution in [0.25, 0.3) is 0 Å². The average Bonchev–Trinajstić information content (AvgIpc) is 2.59. The van der Waals surface area contributed by atoms with E-state index in [0.717, 1.165) is 10.6 Å². The summed E-state index contributed by atoms with van der Waals surface area (Å²) in [5, 5.41) is 3.04. The minimum Gasteiger partial charge on any atom is -0.343 e. The topological polar surface area (TPSA) is 49.4 Å². The highest BCUT2D eigenvalue weighted by Gasteiger charge is 2.26. The van der Waals surface area contributed by atoms with Crippen LogP contribution < -0.4 is 10.2 Å². The molecular formula is C18H18N2O2S. The van der Waals surface area contributed by atoms with Crippen molar-refractivity contribution in [1.29, 1.82) is 0 Å². The molecule has 4 nitrogen and oxygen atoms in total. The van der Waals surface area contributed by atoms with Gasteiger partial charge in [-0.15, -0.1) is 11.8 Å². The van der Waals surface area contributed by atoms with Crippen LogP contribution in [0, 0.1) is 0 Å². The van der Waals surface area contributed by atoms with Crippen molar-refractivity contribution in [2.75, 3.05) is 18.0 Å². The van der Waals surface area contributed by atoms with E-state index in [0.29, 0.717) is 17.4 Å². The SMILES string of the molecule is CC1CN(C(=O)CNC(=O)c2ccccc2)c2ccccc2S1. The van der Waals surface area contributed by atoms with Crippen LogP contribution in [0.4, 0.5) is 5.69 Å². The molecule has 1 aliphatic heterocycles. The van der Waals surface area contributed by atoms with Gasteiger partial charge in [0.05, 0.1) is 12.2 Å². The van der Waals surface area contributed by atoms with Crippen molar-refractivity contribution in [3.8, 4) is 0 Å². The molecule has 1 N–H and O–H groups in total. The quantitative estimate of drug-likeness (QED) is 0.943. The van der Waals surface area contributed by atoms with Gasteiger partial charge < -0.3 is 10.2 Å². The predicted octanol–water partition coefficient (Wildman–Crippen LogP) is 2.94. The number of benzene rings is 2. The molecule has 2 aromatic rings. The summed E-state index contributed by atoms with van der Waals surface area (Å²) >= 11 is 1.77. The largest absolute Gasteiger partial charge is 0.343 e. The Morgan fingerprint density at radius 1 is 1.13 bits per heavy atom. The lowest BCUT2D eigenvalue weighted by atomic mass is 10.2. The Morgan fingerprint density at radius 3 is 2.61 bits per heavy atom. The second-order valence-electron chi connectivity index (χ2n) is 5.45. The molecular weight excluding hydrogens is 308 g/mol. The number of carbonyl (C=O) groups is 2. The lowest BCUT2D eigenvalue weighted by molar-refractivity contribution is -0.117. The van der Waals surface area contributed by atoms with Gasteiger partial charge in [0.25, 0.3) is 5.91 Å². The standard InChI is InChI=1S/C18H18N2O2S/c1-13-12-20(15-9-5-6-10-16(15)23-13)17(21)11-19-18(22)14-7-3-2-4-8-14/h2-10,13H,11-12H2,1H3,(H,19,22). The highest BCUT2D eigenvalue weighted by atomic mass is 32.2. The van der Waals surface area contributed by atoms with E-state index in [1.54, 1.807) is 40.9 Å². The summed E-state index contributed by atoms with van der Waals surface area (Å²) in [6.45, 7) is 2.75. The Balaban J connectivity index is 1.68. The van der Waals surface area contributed by atoms with E-state index in [-0.39, 0.29) is 18.4 Å². The van der Waals surface area contributed by atoms with Gasteiger partial charge in [-0.2, -0.15) is 0 Å². The van der Waals surface area contributed by atoms with Gasteiger partial charge in [0.2, 0.25) is 5.91 Å². The Morgan fingerprint density at radius 2 is 1.83 bits per heavy atom. The van der Waals surface area contributed by atoms with Gasteiger partial charge in [0, 0.05) is 22.3 Å². The smallest absolute Gasteiger partial charge is 0.251 e. The summed E-state index contributed by atoms with van der Waals surface area (Å²) in [6.07, 6.45) is 0. The normalized spacial score (nSPS) is 16.6. The molecule has 0 saturated heterocycles. The lowest BCUT2D eigenvalue weighted by Crippen LogP contribution is -2.44. The lowest BCUT2D eigenvalue weighted by Gasteiger charge is -2.32. The van der Waals surface area contributed by atoms with Crippen LogP contribution in [0.3, 0.4) is 0 Å². The molecule has 0 aliphatic carbocycles. The number of fused-ring (bicyclic) bond motifs is 1. The number of nitrogens with one attached hydrogen (secondary N) is 1. The highest BCUT2D eigenvalue weighted by molar-refractivity contribution is 8.00. The Labute approximate surface area is 139 Å². The molecule has 3 rings (SSSR count). The van der Waals surface area contributed by atoms with Crippen molar-refractivity contribution >= 4 is 29.3 Å². The zero-order chi connectivity index (χ0) is 16.2. The predicted molar refractivity (Wildman–Crippen MR) is 92.9 cm³/mol. The maximum absolute atomic E-state index is 12.5. The summed E-state index contributed by atoms with van der Waals surface area (Å²) < 4.78 is 0. The zero-order valence-electron chi connectivity index (χ0n) is 12.9. The number of para-hydroxylation sites is 1. The molecule has 23 heavy (non-hydrogen) atoms. The molecule has 1 heterocycles. The van der Waals surface area contributed by atoms with Crippen molar-refractivity contribution in [1.82, 2.24) is 5.32 Å². The summed E-state index contributed by atoms with van der Waals surface area (Å²) in [6, 6.07) is 16.8. The zero-order valence-corrected chi connectivity index (χ0v) is 13.7. The van der Waals surface area contributed by atoms with Crippen LogP contribution in [0.2, 0.25) is 0 Å². The minimum absolute atomic E-state index is 0.000547. The number of hydrogen-bond acceptors (Lipinski definition) is 3. The number of amides is 2. The van der Waals surface area contributed by atoms with Crippen LogP contribution in [0.15, 0.2) is 59.5 Å². The average molecular weight is 326 g/mol. The van der Waals surface area contributed by atoms with Gasteiger partial charge in [-0.3, -0.25) is 9.59 Å². The Hall–Kier alpha value is -2.27. The first-order chi connectivity index (χ1) is 11.1. The van der Waals surface area contributed by atoms with E-state index in [1.165, 1.54) is 0 Å². The second kappa shape index (κ2) is 6.87. The molecule has 0 radical (unpaired) electrons. The third kappa shape index (κ3) is 3.56. The number of carbonyl (C=O) groups excluding carboxylic acids is 2. The molecule has 118 valence electrons. The van der Waals surface area contributed by atoms with Crippen LogP contribution in [-0.2, 0) is 4.79 Å². The van der Waals surface area contributed by atoms with E-state index in [2.05, 4.69) is 12.2 Å². The fourth-order valence-corrected chi connectivity index (χ4v) is 3.68. The first-order valence-electron chi connectivity index (χ1n) is 7.54. The minimum atomic E-state index is -0.230. The molecule has 0 spiro atoms. The van der Waals surface area contributed by atoms with Gasteiger partial charge in [-0.25, -0.2) is 0 Å². The molecule has 2 aromatic carbocycles. The third-order valence-electron chi connectivity index (χ3n) is 3.66. The van der Waals surface area contributed by atoms with E-state index in [1.807, 2.05) is 30.3 Å². The molecule has 1 aliphatic rings. The van der Waals surface area contributed by atoms with Gasteiger partial charge >= 0.3 is 0 Å². The van der Waals surface area contributed by atoms with Crippen LogP contribution in [-0.4, -0.2) is 30.2 Å². The molecule has 2 amide bonds. The summed E-state index contributed by atoms with van der Waals surface area (Å²) in [5.41, 5.74) is 1.48. The molecule has 1 atom stereocenters.